The third-order valence-corrected chi connectivity index (χ3v) is 4.63. The molecule has 0 aliphatic carbocycles. The number of aromatic nitrogens is 2. The number of nitrogens with two attached hydrogens (primary N) is 1. The minimum atomic E-state index is -0.899. The lowest BCUT2D eigenvalue weighted by molar-refractivity contribution is -0.394. The van der Waals surface area contributed by atoms with Crippen LogP contribution >= 0.6 is 0 Å². The number of aliphatic hydroxyl groups is 1. The number of carbonyl (C=O) groups is 1. The van der Waals surface area contributed by atoms with Gasteiger partial charge in [-0.25, -0.2) is 4.98 Å². The topological polar surface area (TPSA) is 179 Å². The van der Waals surface area contributed by atoms with Crippen LogP contribution in [0.15, 0.2) is 30.7 Å². The molecule has 0 fully saturated rings. The van der Waals surface area contributed by atoms with E-state index in [0.29, 0.717) is 24.5 Å². The largest absolute Gasteiger partial charge is 0.396 e. The molecule has 4 N–H and O–H groups in total. The summed E-state index contributed by atoms with van der Waals surface area (Å²) in [7, 11) is 0. The third-order valence-electron chi connectivity index (χ3n) is 4.63. The monoisotopic (exact) mass is 434 g/mol. The van der Waals surface area contributed by atoms with Crippen LogP contribution in [0.5, 0.6) is 0 Å². The Balaban J connectivity index is 2.13. The predicted octanol–water partition coefficient (Wildman–Crippen LogP) is 1.47. The second-order valence-corrected chi connectivity index (χ2v) is 7.62. The fourth-order valence-corrected chi connectivity index (χ4v) is 3.19. The number of nitrogens with one attached hydrogen (secondary N) is 1. The Hall–Kier alpha value is -3.38. The number of nitro benzene ring substituents is 2. The molecule has 12 nitrogen and oxygen atoms in total. The SMILES string of the molecule is CC(C)C[C@@H](CCO)NC(=O)[C@@H](N)Cc1cn(-c2ccc([N+](=O)[O-])cc2[N+](=O)[O-])cn1. The maximum Gasteiger partial charge on any atom is 0.300 e. The van der Waals surface area contributed by atoms with Gasteiger partial charge in [0, 0.05) is 31.3 Å². The van der Waals surface area contributed by atoms with E-state index >= 15 is 0 Å². The third kappa shape index (κ3) is 6.55. The zero-order valence-corrected chi connectivity index (χ0v) is 17.3. The average molecular weight is 434 g/mol. The van der Waals surface area contributed by atoms with Crippen LogP contribution in [0.1, 0.15) is 32.4 Å². The summed E-state index contributed by atoms with van der Waals surface area (Å²) in [6.45, 7) is 3.98. The molecule has 12 heteroatoms. The van der Waals surface area contributed by atoms with Crippen LogP contribution in [0.25, 0.3) is 5.69 Å². The highest BCUT2D eigenvalue weighted by Crippen LogP contribution is 2.27. The van der Waals surface area contributed by atoms with Crippen molar-refractivity contribution < 1.29 is 19.7 Å². The molecule has 0 aliphatic rings. The van der Waals surface area contributed by atoms with Crippen LogP contribution in [0.3, 0.4) is 0 Å². The molecule has 168 valence electrons. The van der Waals surface area contributed by atoms with E-state index in [1.165, 1.54) is 23.2 Å². The lowest BCUT2D eigenvalue weighted by Crippen LogP contribution is -2.47. The molecule has 1 aromatic carbocycles. The summed E-state index contributed by atoms with van der Waals surface area (Å²) in [6.07, 6.45) is 4.03. The molecule has 31 heavy (non-hydrogen) atoms. The molecule has 0 aliphatic heterocycles. The van der Waals surface area contributed by atoms with E-state index < -0.39 is 27.3 Å². The molecule has 1 amide bonds. The van der Waals surface area contributed by atoms with Gasteiger partial charge >= 0.3 is 0 Å². The fourth-order valence-electron chi connectivity index (χ4n) is 3.19. The van der Waals surface area contributed by atoms with E-state index in [-0.39, 0.29) is 30.7 Å². The number of benzene rings is 1. The van der Waals surface area contributed by atoms with Crippen molar-refractivity contribution in [3.8, 4) is 5.69 Å². The van der Waals surface area contributed by atoms with Crippen LogP contribution < -0.4 is 11.1 Å². The Morgan fingerprint density at radius 1 is 1.29 bits per heavy atom. The number of hydrogen-bond donors (Lipinski definition) is 3. The quantitative estimate of drug-likeness (QED) is 0.351. The summed E-state index contributed by atoms with van der Waals surface area (Å²) in [5.74, 6) is -0.0452. The predicted molar refractivity (Wildman–Crippen MR) is 112 cm³/mol. The molecule has 0 saturated heterocycles. The number of amides is 1. The van der Waals surface area contributed by atoms with E-state index in [1.807, 2.05) is 13.8 Å². The summed E-state index contributed by atoms with van der Waals surface area (Å²) in [5.41, 5.74) is 5.69. The maximum absolute atomic E-state index is 12.4. The number of aliphatic hydroxyl groups excluding tert-OH is 1. The summed E-state index contributed by atoms with van der Waals surface area (Å²) < 4.78 is 1.36. The van der Waals surface area contributed by atoms with Gasteiger partial charge in [0.05, 0.1) is 34.0 Å². The smallest absolute Gasteiger partial charge is 0.300 e. The summed E-state index contributed by atoms with van der Waals surface area (Å²) in [5, 5.41) is 34.2. The number of hydrogen-bond acceptors (Lipinski definition) is 8. The molecule has 0 radical (unpaired) electrons. The summed E-state index contributed by atoms with van der Waals surface area (Å²) in [6, 6.07) is 2.22. The van der Waals surface area contributed by atoms with E-state index in [4.69, 9.17) is 5.73 Å². The Bertz CT molecular complexity index is 944. The molecule has 0 bridgehead atoms. The van der Waals surface area contributed by atoms with Crippen molar-refractivity contribution in [1.82, 2.24) is 14.9 Å². The minimum Gasteiger partial charge on any atom is -0.396 e. The Labute approximate surface area is 178 Å². The summed E-state index contributed by atoms with van der Waals surface area (Å²) >= 11 is 0. The first-order valence-electron chi connectivity index (χ1n) is 9.75. The molecule has 0 unspecified atom stereocenters. The van der Waals surface area contributed by atoms with Crippen molar-refractivity contribution in [3.63, 3.8) is 0 Å². The van der Waals surface area contributed by atoms with Crippen LogP contribution in [0, 0.1) is 26.1 Å². The Morgan fingerprint density at radius 3 is 2.58 bits per heavy atom. The van der Waals surface area contributed by atoms with Crippen LogP contribution in [-0.4, -0.2) is 49.1 Å². The van der Waals surface area contributed by atoms with Crippen LogP contribution in [-0.2, 0) is 11.2 Å². The lowest BCUT2D eigenvalue weighted by Gasteiger charge is -2.21. The standard InChI is InChI=1S/C19H26N6O6/c1-12(2)7-13(5-6-26)22-19(27)16(20)8-14-10-23(11-21-14)17-4-3-15(24(28)29)9-18(17)25(30)31/h3-4,9-13,16,26H,5-8,20H2,1-2H3,(H,22,27)/t13-,16+/m1/s1. The van der Waals surface area contributed by atoms with E-state index in [9.17, 15) is 30.1 Å². The van der Waals surface area contributed by atoms with Crippen molar-refractivity contribution in [2.45, 2.75) is 45.2 Å². The first kappa shape index (κ1) is 23.9. The summed E-state index contributed by atoms with van der Waals surface area (Å²) in [4.78, 5) is 37.4. The molecular weight excluding hydrogens is 408 g/mol. The van der Waals surface area contributed by atoms with Gasteiger partial charge < -0.3 is 16.2 Å². The number of nitrogens with zero attached hydrogens (tertiary/aromatic N) is 4. The highest BCUT2D eigenvalue weighted by molar-refractivity contribution is 5.82. The van der Waals surface area contributed by atoms with E-state index in [1.54, 1.807) is 0 Å². The second kappa shape index (κ2) is 10.6. The van der Waals surface area contributed by atoms with Crippen LogP contribution in [0.4, 0.5) is 11.4 Å². The van der Waals surface area contributed by atoms with E-state index in [2.05, 4.69) is 10.3 Å². The number of non-ortho nitro benzene ring substituents is 1. The average Bonchev–Trinajstić information content (AvgIpc) is 3.15. The van der Waals surface area contributed by atoms with E-state index in [0.717, 1.165) is 12.1 Å². The molecule has 2 rings (SSSR count). The van der Waals surface area contributed by atoms with Crippen molar-refractivity contribution in [2.24, 2.45) is 11.7 Å². The first-order valence-corrected chi connectivity index (χ1v) is 9.75. The first-order chi connectivity index (χ1) is 14.6. The van der Waals surface area contributed by atoms with Crippen molar-refractivity contribution in [2.75, 3.05) is 6.61 Å². The number of imidazole rings is 1. The second-order valence-electron chi connectivity index (χ2n) is 7.62. The van der Waals surface area contributed by atoms with Crippen LogP contribution in [0.2, 0.25) is 0 Å². The molecular formula is C19H26N6O6. The van der Waals surface area contributed by atoms with Crippen molar-refractivity contribution in [3.05, 3.63) is 56.6 Å². The van der Waals surface area contributed by atoms with Gasteiger partial charge in [-0.15, -0.1) is 0 Å². The molecule has 2 aromatic rings. The van der Waals surface area contributed by atoms with Gasteiger partial charge in [-0.3, -0.25) is 29.6 Å². The van der Waals surface area contributed by atoms with Gasteiger partial charge in [0.1, 0.15) is 5.69 Å². The van der Waals surface area contributed by atoms with Gasteiger partial charge in [-0.1, -0.05) is 13.8 Å². The molecule has 0 saturated carbocycles. The van der Waals surface area contributed by atoms with Gasteiger partial charge in [0.25, 0.3) is 11.4 Å². The normalized spacial score (nSPS) is 13.1. The minimum absolute atomic E-state index is 0.0503. The highest BCUT2D eigenvalue weighted by Gasteiger charge is 2.23. The van der Waals surface area contributed by atoms with Gasteiger partial charge in [-0.2, -0.15) is 0 Å². The molecule has 2 atom stereocenters. The maximum atomic E-state index is 12.4. The van der Waals surface area contributed by atoms with Gasteiger partial charge in [0.15, 0.2) is 0 Å². The number of rotatable bonds is 11. The van der Waals surface area contributed by atoms with Crippen molar-refractivity contribution in [1.29, 1.82) is 0 Å². The van der Waals surface area contributed by atoms with Gasteiger partial charge in [0.2, 0.25) is 5.91 Å². The fraction of sp³-hybridized carbons (Fsp3) is 0.474. The highest BCUT2D eigenvalue weighted by atomic mass is 16.6. The zero-order chi connectivity index (χ0) is 23.1. The van der Waals surface area contributed by atoms with Crippen molar-refractivity contribution >= 4 is 17.3 Å². The lowest BCUT2D eigenvalue weighted by atomic mass is 10.0. The zero-order valence-electron chi connectivity index (χ0n) is 17.3. The molecule has 1 aromatic heterocycles. The Morgan fingerprint density at radius 2 is 2.00 bits per heavy atom. The number of nitro groups is 2. The van der Waals surface area contributed by atoms with Gasteiger partial charge in [-0.05, 0) is 24.8 Å². The molecule has 1 heterocycles. The molecule has 0 spiro atoms. The Kier molecular flexibility index (Phi) is 8.16. The number of carbonyl (C=O) groups excluding carboxylic acids is 1.